The minimum absolute atomic E-state index is 0.0798. The van der Waals surface area contributed by atoms with Crippen molar-refractivity contribution in [3.63, 3.8) is 0 Å². The molecule has 8 heteroatoms. The molecule has 1 amide bonds. The molecule has 162 valence electrons. The molecule has 3 fully saturated rings. The highest BCUT2D eigenvalue weighted by Crippen LogP contribution is 2.53. The number of aliphatic hydroxyl groups is 1. The van der Waals surface area contributed by atoms with E-state index in [9.17, 15) is 23.9 Å². The third kappa shape index (κ3) is 3.00. The van der Waals surface area contributed by atoms with Gasteiger partial charge in [-0.3, -0.25) is 4.79 Å². The molecule has 1 aromatic carbocycles. The molecule has 2 N–H and O–H groups in total. The number of halogens is 1. The summed E-state index contributed by atoms with van der Waals surface area (Å²) >= 11 is 0. The first-order valence-electron chi connectivity index (χ1n) is 10.5. The Hall–Kier alpha value is -2.48. The van der Waals surface area contributed by atoms with E-state index in [0.717, 1.165) is 38.2 Å². The number of hydrogen-bond acceptors (Lipinski definition) is 6. The van der Waals surface area contributed by atoms with E-state index in [0.29, 0.717) is 0 Å². The predicted octanol–water partition coefficient (Wildman–Crippen LogP) is 2.11. The second kappa shape index (κ2) is 7.65. The molecule has 0 spiro atoms. The quantitative estimate of drug-likeness (QED) is 0.685. The van der Waals surface area contributed by atoms with Crippen molar-refractivity contribution in [3.05, 3.63) is 35.6 Å². The Bertz CT molecular complexity index is 869. The van der Waals surface area contributed by atoms with Gasteiger partial charge in [0.15, 0.2) is 5.60 Å². The molecule has 2 saturated heterocycles. The molecule has 4 unspecified atom stereocenters. The van der Waals surface area contributed by atoms with Crippen LogP contribution >= 0.6 is 0 Å². The minimum Gasteiger partial charge on any atom is -0.462 e. The molecule has 0 radical (unpaired) electrons. The van der Waals surface area contributed by atoms with E-state index in [1.165, 1.54) is 18.2 Å². The van der Waals surface area contributed by atoms with Crippen LogP contribution in [0.5, 0.6) is 0 Å². The topological polar surface area (TPSA) is 102 Å². The fraction of sp³-hybridized carbons (Fsp3) is 0.591. The summed E-state index contributed by atoms with van der Waals surface area (Å²) in [6.45, 7) is 1.50. The number of esters is 2. The zero-order valence-electron chi connectivity index (χ0n) is 16.9. The van der Waals surface area contributed by atoms with Gasteiger partial charge < -0.3 is 19.9 Å². The van der Waals surface area contributed by atoms with Crippen molar-refractivity contribution in [1.29, 1.82) is 0 Å². The second-order valence-corrected chi connectivity index (χ2v) is 8.59. The molecule has 1 aliphatic carbocycles. The molecule has 1 aromatic rings. The highest BCUT2D eigenvalue weighted by molar-refractivity contribution is 6.01. The first kappa shape index (κ1) is 20.8. The zero-order chi connectivity index (χ0) is 21.5. The van der Waals surface area contributed by atoms with Crippen LogP contribution in [0, 0.1) is 17.7 Å². The van der Waals surface area contributed by atoms with Crippen LogP contribution in [0.1, 0.15) is 55.8 Å². The average molecular weight is 419 g/mol. The van der Waals surface area contributed by atoms with Gasteiger partial charge >= 0.3 is 11.9 Å². The Morgan fingerprint density at radius 3 is 2.67 bits per heavy atom. The molecule has 0 aromatic heterocycles. The van der Waals surface area contributed by atoms with E-state index < -0.39 is 46.8 Å². The summed E-state index contributed by atoms with van der Waals surface area (Å²) in [5.41, 5.74) is -2.87. The van der Waals surface area contributed by atoms with Crippen molar-refractivity contribution >= 4 is 17.8 Å². The SMILES string of the molecule is CC12OC(=O)C1(C(O)C1CCCCC1)NC(=O)C2CCOC(=O)c1ccccc1F. The molecule has 0 bridgehead atoms. The zero-order valence-corrected chi connectivity index (χ0v) is 16.9. The molecule has 1 saturated carbocycles. The van der Waals surface area contributed by atoms with Gasteiger partial charge in [0.05, 0.1) is 24.2 Å². The van der Waals surface area contributed by atoms with Crippen LogP contribution in [0.25, 0.3) is 0 Å². The van der Waals surface area contributed by atoms with Crippen LogP contribution in [0.2, 0.25) is 0 Å². The molecule has 2 aliphatic heterocycles. The normalized spacial score (nSPS) is 31.9. The average Bonchev–Trinajstić information content (AvgIpc) is 2.91. The van der Waals surface area contributed by atoms with Crippen molar-refractivity contribution in [2.75, 3.05) is 6.61 Å². The van der Waals surface area contributed by atoms with Gasteiger partial charge in [-0.1, -0.05) is 31.4 Å². The van der Waals surface area contributed by atoms with Gasteiger partial charge in [-0.15, -0.1) is 0 Å². The van der Waals surface area contributed by atoms with Crippen LogP contribution in [0.15, 0.2) is 24.3 Å². The highest BCUT2D eigenvalue weighted by atomic mass is 19.1. The summed E-state index contributed by atoms with van der Waals surface area (Å²) in [6.07, 6.45) is 3.72. The second-order valence-electron chi connectivity index (χ2n) is 8.59. The Morgan fingerprint density at radius 2 is 2.00 bits per heavy atom. The molecule has 7 nitrogen and oxygen atoms in total. The highest BCUT2D eigenvalue weighted by Gasteiger charge is 2.79. The molecule has 3 aliphatic rings. The summed E-state index contributed by atoms with van der Waals surface area (Å²) in [5, 5.41) is 13.8. The Morgan fingerprint density at radius 1 is 1.30 bits per heavy atom. The number of hydrogen-bond donors (Lipinski definition) is 2. The number of rotatable bonds is 6. The Labute approximate surface area is 173 Å². The summed E-state index contributed by atoms with van der Waals surface area (Å²) in [5.74, 6) is -3.40. The van der Waals surface area contributed by atoms with Crippen molar-refractivity contribution in [2.24, 2.45) is 11.8 Å². The predicted molar refractivity (Wildman–Crippen MR) is 103 cm³/mol. The van der Waals surface area contributed by atoms with Crippen LogP contribution in [0.3, 0.4) is 0 Å². The maximum atomic E-state index is 13.7. The lowest BCUT2D eigenvalue weighted by Crippen LogP contribution is -2.80. The number of ether oxygens (including phenoxy) is 2. The largest absolute Gasteiger partial charge is 0.462 e. The smallest absolute Gasteiger partial charge is 0.341 e. The van der Waals surface area contributed by atoms with E-state index >= 15 is 0 Å². The number of amides is 1. The van der Waals surface area contributed by atoms with Crippen LogP contribution in [-0.2, 0) is 19.1 Å². The fourth-order valence-electron chi connectivity index (χ4n) is 5.23. The van der Waals surface area contributed by atoms with Crippen LogP contribution < -0.4 is 5.32 Å². The third-order valence-electron chi connectivity index (χ3n) is 6.98. The van der Waals surface area contributed by atoms with Gasteiger partial charge in [0.2, 0.25) is 11.4 Å². The lowest BCUT2D eigenvalue weighted by Gasteiger charge is -2.54. The first-order valence-corrected chi connectivity index (χ1v) is 10.5. The van der Waals surface area contributed by atoms with Gasteiger partial charge in [0.1, 0.15) is 5.82 Å². The Kier molecular flexibility index (Phi) is 5.30. The number of nitrogens with one attached hydrogen (secondary N) is 1. The fourth-order valence-corrected chi connectivity index (χ4v) is 5.23. The minimum atomic E-state index is -1.47. The van der Waals surface area contributed by atoms with Gasteiger partial charge in [-0.2, -0.15) is 0 Å². The lowest BCUT2D eigenvalue weighted by atomic mass is 9.64. The summed E-state index contributed by atoms with van der Waals surface area (Å²) in [4.78, 5) is 37.3. The lowest BCUT2D eigenvalue weighted by molar-refractivity contribution is -0.240. The number of fused-ring (bicyclic) bond motifs is 1. The molecule has 2 heterocycles. The molecule has 4 rings (SSSR count). The van der Waals surface area contributed by atoms with Crippen molar-refractivity contribution < 1.29 is 33.4 Å². The number of carbonyl (C=O) groups excluding carboxylic acids is 3. The molecular formula is C22H26FNO6. The van der Waals surface area contributed by atoms with Gasteiger partial charge in [0, 0.05) is 0 Å². The number of aliphatic hydroxyl groups excluding tert-OH is 1. The molecule has 4 atom stereocenters. The van der Waals surface area contributed by atoms with E-state index in [1.807, 2.05) is 0 Å². The monoisotopic (exact) mass is 419 g/mol. The van der Waals surface area contributed by atoms with Crippen molar-refractivity contribution in [1.82, 2.24) is 5.32 Å². The van der Waals surface area contributed by atoms with Gasteiger partial charge in [0.25, 0.3) is 0 Å². The first-order chi connectivity index (χ1) is 14.3. The van der Waals surface area contributed by atoms with E-state index in [1.54, 1.807) is 6.92 Å². The maximum absolute atomic E-state index is 13.7. The van der Waals surface area contributed by atoms with E-state index in [2.05, 4.69) is 5.32 Å². The van der Waals surface area contributed by atoms with Crippen LogP contribution in [-0.4, -0.2) is 46.8 Å². The van der Waals surface area contributed by atoms with Crippen molar-refractivity contribution in [3.8, 4) is 0 Å². The molecule has 30 heavy (non-hydrogen) atoms. The van der Waals surface area contributed by atoms with Gasteiger partial charge in [-0.05, 0) is 44.2 Å². The summed E-state index contributed by atoms with van der Waals surface area (Å²) in [7, 11) is 0. The summed E-state index contributed by atoms with van der Waals surface area (Å²) < 4.78 is 24.3. The number of benzene rings is 1. The van der Waals surface area contributed by atoms with Crippen molar-refractivity contribution in [2.45, 2.75) is 62.7 Å². The van der Waals surface area contributed by atoms with E-state index in [-0.39, 0.29) is 24.5 Å². The molecular weight excluding hydrogens is 393 g/mol. The van der Waals surface area contributed by atoms with E-state index in [4.69, 9.17) is 9.47 Å². The standard InChI is InChI=1S/C22H26FNO6/c1-21-15(11-12-29-19(27)14-9-5-6-10-16(14)23)18(26)24-22(21,20(28)30-21)17(25)13-7-3-2-4-8-13/h5-6,9-10,13,15,17,25H,2-4,7-8,11-12H2,1H3,(H,24,26). The Balaban J connectivity index is 1.45. The summed E-state index contributed by atoms with van der Waals surface area (Å²) in [6, 6.07) is 5.48. The number of carbonyl (C=O) groups is 3. The van der Waals surface area contributed by atoms with Crippen LogP contribution in [0.4, 0.5) is 4.39 Å². The third-order valence-corrected chi connectivity index (χ3v) is 6.98. The van der Waals surface area contributed by atoms with Gasteiger partial charge in [-0.25, -0.2) is 14.0 Å². The maximum Gasteiger partial charge on any atom is 0.341 e.